The summed E-state index contributed by atoms with van der Waals surface area (Å²) in [6.07, 6.45) is 4.64. The SMILES string of the molecule is CCCC(C)(N)C(=O)Nc1ccc(C(=O)Nc2cccnc2)cc1. The summed E-state index contributed by atoms with van der Waals surface area (Å²) in [5.74, 6) is -0.479. The highest BCUT2D eigenvalue weighted by Gasteiger charge is 2.27. The standard InChI is InChI=1S/C18H22N4O2/c1-3-10-18(2,19)17(24)22-14-8-6-13(7-9-14)16(23)21-15-5-4-11-20-12-15/h4-9,11-12H,3,10,19H2,1-2H3,(H,21,23)(H,22,24). The van der Waals surface area contributed by atoms with Gasteiger partial charge in [-0.2, -0.15) is 0 Å². The number of pyridine rings is 1. The van der Waals surface area contributed by atoms with Gasteiger partial charge in [-0.15, -0.1) is 0 Å². The lowest BCUT2D eigenvalue weighted by Gasteiger charge is -2.22. The van der Waals surface area contributed by atoms with Crippen LogP contribution in [0.4, 0.5) is 11.4 Å². The number of nitrogens with two attached hydrogens (primary N) is 1. The van der Waals surface area contributed by atoms with E-state index in [4.69, 9.17) is 5.73 Å². The first-order valence-electron chi connectivity index (χ1n) is 7.84. The van der Waals surface area contributed by atoms with Gasteiger partial charge in [0.2, 0.25) is 5.91 Å². The number of carbonyl (C=O) groups is 2. The van der Waals surface area contributed by atoms with Gasteiger partial charge in [0.1, 0.15) is 0 Å². The minimum absolute atomic E-state index is 0.239. The molecule has 6 nitrogen and oxygen atoms in total. The molecule has 0 aliphatic carbocycles. The van der Waals surface area contributed by atoms with Crippen LogP contribution in [0, 0.1) is 0 Å². The minimum Gasteiger partial charge on any atom is -0.325 e. The van der Waals surface area contributed by atoms with Crippen LogP contribution in [0.2, 0.25) is 0 Å². The van der Waals surface area contributed by atoms with Gasteiger partial charge in [-0.3, -0.25) is 14.6 Å². The number of amides is 2. The summed E-state index contributed by atoms with van der Waals surface area (Å²) in [4.78, 5) is 28.2. The highest BCUT2D eigenvalue weighted by molar-refractivity contribution is 6.04. The van der Waals surface area contributed by atoms with E-state index in [1.165, 1.54) is 0 Å². The zero-order valence-electron chi connectivity index (χ0n) is 13.9. The van der Waals surface area contributed by atoms with Gasteiger partial charge < -0.3 is 16.4 Å². The molecule has 0 fully saturated rings. The van der Waals surface area contributed by atoms with Crippen LogP contribution in [0.1, 0.15) is 37.0 Å². The Kier molecular flexibility index (Phi) is 5.65. The Bertz CT molecular complexity index is 697. The molecule has 1 atom stereocenters. The van der Waals surface area contributed by atoms with Crippen LogP contribution in [0.5, 0.6) is 0 Å². The third-order valence-electron chi connectivity index (χ3n) is 3.61. The Morgan fingerprint density at radius 1 is 1.12 bits per heavy atom. The zero-order chi connectivity index (χ0) is 17.6. The molecule has 0 aliphatic rings. The van der Waals surface area contributed by atoms with E-state index in [-0.39, 0.29) is 11.8 Å². The average Bonchev–Trinajstić information content (AvgIpc) is 2.56. The molecule has 1 unspecified atom stereocenters. The number of nitrogens with zero attached hydrogens (tertiary/aromatic N) is 1. The number of hydrogen-bond acceptors (Lipinski definition) is 4. The molecule has 0 saturated heterocycles. The Balaban J connectivity index is 2.00. The molecule has 2 amide bonds. The van der Waals surface area contributed by atoms with Crippen molar-refractivity contribution < 1.29 is 9.59 Å². The number of anilines is 2. The van der Waals surface area contributed by atoms with E-state index in [9.17, 15) is 9.59 Å². The van der Waals surface area contributed by atoms with Crippen LogP contribution >= 0.6 is 0 Å². The second-order valence-corrected chi connectivity index (χ2v) is 5.89. The number of aromatic nitrogens is 1. The Labute approximate surface area is 141 Å². The van der Waals surface area contributed by atoms with Crippen LogP contribution in [0.15, 0.2) is 48.8 Å². The predicted octanol–water partition coefficient (Wildman–Crippen LogP) is 2.79. The van der Waals surface area contributed by atoms with Crippen molar-refractivity contribution in [3.8, 4) is 0 Å². The second-order valence-electron chi connectivity index (χ2n) is 5.89. The summed E-state index contributed by atoms with van der Waals surface area (Å²) in [5, 5.41) is 5.53. The third kappa shape index (κ3) is 4.63. The van der Waals surface area contributed by atoms with Crippen LogP contribution in [0.25, 0.3) is 0 Å². The van der Waals surface area contributed by atoms with E-state index >= 15 is 0 Å². The molecule has 1 aromatic carbocycles. The fourth-order valence-electron chi connectivity index (χ4n) is 2.25. The van der Waals surface area contributed by atoms with E-state index < -0.39 is 5.54 Å². The number of rotatable bonds is 6. The van der Waals surface area contributed by atoms with E-state index in [2.05, 4.69) is 15.6 Å². The van der Waals surface area contributed by atoms with Crippen LogP contribution < -0.4 is 16.4 Å². The average molecular weight is 326 g/mol. The third-order valence-corrected chi connectivity index (χ3v) is 3.61. The highest BCUT2D eigenvalue weighted by Crippen LogP contribution is 2.15. The first kappa shape index (κ1) is 17.6. The molecule has 4 N–H and O–H groups in total. The van der Waals surface area contributed by atoms with Crippen LogP contribution in [-0.2, 0) is 4.79 Å². The van der Waals surface area contributed by atoms with Crippen molar-refractivity contribution in [1.82, 2.24) is 4.98 Å². The maximum Gasteiger partial charge on any atom is 0.255 e. The van der Waals surface area contributed by atoms with Crippen molar-refractivity contribution in [3.05, 3.63) is 54.4 Å². The van der Waals surface area contributed by atoms with Crippen molar-refractivity contribution >= 4 is 23.2 Å². The van der Waals surface area contributed by atoms with E-state index in [1.54, 1.807) is 55.7 Å². The van der Waals surface area contributed by atoms with E-state index in [1.807, 2.05) is 6.92 Å². The molecule has 0 saturated carbocycles. The molecule has 0 aliphatic heterocycles. The quantitative estimate of drug-likeness (QED) is 0.760. The van der Waals surface area contributed by atoms with Crippen molar-refractivity contribution in [2.75, 3.05) is 10.6 Å². The summed E-state index contributed by atoms with van der Waals surface area (Å²) in [6, 6.07) is 10.2. The Morgan fingerprint density at radius 2 is 1.83 bits per heavy atom. The largest absolute Gasteiger partial charge is 0.325 e. The van der Waals surface area contributed by atoms with Gasteiger partial charge >= 0.3 is 0 Å². The molecule has 126 valence electrons. The molecular weight excluding hydrogens is 304 g/mol. The highest BCUT2D eigenvalue weighted by atomic mass is 16.2. The van der Waals surface area contributed by atoms with Crippen molar-refractivity contribution in [2.24, 2.45) is 5.73 Å². The molecule has 0 bridgehead atoms. The normalized spacial score (nSPS) is 13.0. The second kappa shape index (κ2) is 7.70. The van der Waals surface area contributed by atoms with Gasteiger partial charge in [0, 0.05) is 17.4 Å². The molecule has 2 aromatic rings. The van der Waals surface area contributed by atoms with Crippen molar-refractivity contribution in [1.29, 1.82) is 0 Å². The molecule has 0 spiro atoms. The summed E-state index contributed by atoms with van der Waals surface area (Å²) >= 11 is 0. The molecule has 1 aromatic heterocycles. The smallest absolute Gasteiger partial charge is 0.255 e. The van der Waals surface area contributed by atoms with Gasteiger partial charge in [-0.05, 0) is 49.7 Å². The van der Waals surface area contributed by atoms with E-state index in [0.717, 1.165) is 6.42 Å². The first-order chi connectivity index (χ1) is 11.4. The Hall–Kier alpha value is -2.73. The summed E-state index contributed by atoms with van der Waals surface area (Å²) < 4.78 is 0. The summed E-state index contributed by atoms with van der Waals surface area (Å²) in [6.45, 7) is 3.69. The lowest BCUT2D eigenvalue weighted by molar-refractivity contribution is -0.120. The number of hydrogen-bond donors (Lipinski definition) is 3. The Morgan fingerprint density at radius 3 is 2.42 bits per heavy atom. The van der Waals surface area contributed by atoms with Gasteiger partial charge in [-0.25, -0.2) is 0 Å². The number of benzene rings is 1. The summed E-state index contributed by atoms with van der Waals surface area (Å²) in [5.41, 5.74) is 6.80. The molecule has 24 heavy (non-hydrogen) atoms. The molecule has 1 heterocycles. The fraction of sp³-hybridized carbons (Fsp3) is 0.278. The minimum atomic E-state index is -0.912. The zero-order valence-corrected chi connectivity index (χ0v) is 13.9. The summed E-state index contributed by atoms with van der Waals surface area (Å²) in [7, 11) is 0. The molecular formula is C18H22N4O2. The van der Waals surface area contributed by atoms with Crippen molar-refractivity contribution in [3.63, 3.8) is 0 Å². The van der Waals surface area contributed by atoms with Crippen molar-refractivity contribution in [2.45, 2.75) is 32.2 Å². The lowest BCUT2D eigenvalue weighted by atomic mass is 9.96. The first-order valence-corrected chi connectivity index (χ1v) is 7.84. The van der Waals surface area contributed by atoms with Gasteiger partial charge in [0.15, 0.2) is 0 Å². The van der Waals surface area contributed by atoms with Gasteiger partial charge in [0.05, 0.1) is 17.4 Å². The lowest BCUT2D eigenvalue weighted by Crippen LogP contribution is -2.48. The predicted molar refractivity (Wildman–Crippen MR) is 94.8 cm³/mol. The molecule has 0 radical (unpaired) electrons. The fourth-order valence-corrected chi connectivity index (χ4v) is 2.25. The monoisotopic (exact) mass is 326 g/mol. The maximum absolute atomic E-state index is 12.2. The molecule has 2 rings (SSSR count). The van der Waals surface area contributed by atoms with Crippen LogP contribution in [0.3, 0.4) is 0 Å². The topological polar surface area (TPSA) is 97.1 Å². The van der Waals surface area contributed by atoms with Gasteiger partial charge in [-0.1, -0.05) is 13.3 Å². The molecule has 6 heteroatoms. The number of nitrogens with one attached hydrogen (secondary N) is 2. The maximum atomic E-state index is 12.2. The van der Waals surface area contributed by atoms with Crippen LogP contribution in [-0.4, -0.2) is 22.3 Å². The number of carbonyl (C=O) groups excluding carboxylic acids is 2. The van der Waals surface area contributed by atoms with E-state index in [0.29, 0.717) is 23.4 Å². The van der Waals surface area contributed by atoms with Gasteiger partial charge in [0.25, 0.3) is 5.91 Å².